The van der Waals surface area contributed by atoms with E-state index in [0.29, 0.717) is 18.4 Å². The number of carbonyl (C=O) groups excluding carboxylic acids is 2. The molecule has 0 atom stereocenters. The fraction of sp³-hybridized carbons (Fsp3) is 0.176. The van der Waals surface area contributed by atoms with E-state index < -0.39 is 0 Å². The SMILES string of the molecule is COC(=O)CCc1ccc(-c2cccc(C=O)c2)cc1. The Morgan fingerprint density at radius 1 is 1.10 bits per heavy atom. The summed E-state index contributed by atoms with van der Waals surface area (Å²) in [5, 5.41) is 0. The highest BCUT2D eigenvalue weighted by molar-refractivity contribution is 5.78. The van der Waals surface area contributed by atoms with Crippen molar-refractivity contribution in [2.75, 3.05) is 7.11 Å². The summed E-state index contributed by atoms with van der Waals surface area (Å²) in [6, 6.07) is 15.4. The third kappa shape index (κ3) is 3.54. The van der Waals surface area contributed by atoms with Crippen LogP contribution in [0.4, 0.5) is 0 Å². The molecule has 0 aromatic heterocycles. The first-order valence-electron chi connectivity index (χ1n) is 6.44. The Morgan fingerprint density at radius 3 is 2.50 bits per heavy atom. The number of esters is 1. The molecule has 0 N–H and O–H groups in total. The van der Waals surface area contributed by atoms with Crippen LogP contribution in [0.25, 0.3) is 11.1 Å². The maximum absolute atomic E-state index is 11.1. The first-order valence-corrected chi connectivity index (χ1v) is 6.44. The summed E-state index contributed by atoms with van der Waals surface area (Å²) in [5.41, 5.74) is 3.81. The van der Waals surface area contributed by atoms with Gasteiger partial charge in [-0.15, -0.1) is 0 Å². The minimum absolute atomic E-state index is 0.201. The summed E-state index contributed by atoms with van der Waals surface area (Å²) < 4.78 is 4.62. The minimum Gasteiger partial charge on any atom is -0.469 e. The van der Waals surface area contributed by atoms with Gasteiger partial charge < -0.3 is 4.74 Å². The van der Waals surface area contributed by atoms with Crippen molar-refractivity contribution in [2.45, 2.75) is 12.8 Å². The fourth-order valence-corrected chi connectivity index (χ4v) is 2.00. The number of ether oxygens (including phenoxy) is 1. The summed E-state index contributed by atoms with van der Waals surface area (Å²) in [6.45, 7) is 0. The van der Waals surface area contributed by atoms with E-state index in [1.807, 2.05) is 42.5 Å². The Morgan fingerprint density at radius 2 is 1.85 bits per heavy atom. The van der Waals surface area contributed by atoms with Crippen LogP contribution in [0.2, 0.25) is 0 Å². The van der Waals surface area contributed by atoms with Gasteiger partial charge in [0.25, 0.3) is 0 Å². The van der Waals surface area contributed by atoms with E-state index >= 15 is 0 Å². The highest BCUT2D eigenvalue weighted by atomic mass is 16.5. The molecule has 0 fully saturated rings. The van der Waals surface area contributed by atoms with Crippen LogP contribution < -0.4 is 0 Å². The lowest BCUT2D eigenvalue weighted by Gasteiger charge is -2.05. The second kappa shape index (κ2) is 6.66. The zero-order chi connectivity index (χ0) is 14.4. The zero-order valence-corrected chi connectivity index (χ0v) is 11.3. The number of aryl methyl sites for hydroxylation is 1. The molecule has 102 valence electrons. The predicted octanol–water partition coefficient (Wildman–Crippen LogP) is 3.27. The highest BCUT2D eigenvalue weighted by Gasteiger charge is 2.03. The molecule has 0 radical (unpaired) electrons. The number of hydrogen-bond donors (Lipinski definition) is 0. The van der Waals surface area contributed by atoms with Crippen LogP contribution >= 0.6 is 0 Å². The summed E-state index contributed by atoms with van der Waals surface area (Å²) in [6.07, 6.45) is 1.89. The highest BCUT2D eigenvalue weighted by Crippen LogP contribution is 2.21. The van der Waals surface area contributed by atoms with E-state index in [9.17, 15) is 9.59 Å². The number of benzene rings is 2. The van der Waals surface area contributed by atoms with Gasteiger partial charge in [0.05, 0.1) is 7.11 Å². The number of aldehydes is 1. The van der Waals surface area contributed by atoms with Crippen molar-refractivity contribution < 1.29 is 14.3 Å². The van der Waals surface area contributed by atoms with Gasteiger partial charge in [0.15, 0.2) is 0 Å². The quantitative estimate of drug-likeness (QED) is 0.617. The molecule has 0 unspecified atom stereocenters. The second-order valence-electron chi connectivity index (χ2n) is 4.52. The van der Waals surface area contributed by atoms with Crippen LogP contribution in [0.15, 0.2) is 48.5 Å². The fourth-order valence-electron chi connectivity index (χ4n) is 2.00. The molecular weight excluding hydrogens is 252 g/mol. The van der Waals surface area contributed by atoms with Gasteiger partial charge in [-0.05, 0) is 29.2 Å². The third-order valence-corrected chi connectivity index (χ3v) is 3.16. The second-order valence-corrected chi connectivity index (χ2v) is 4.52. The van der Waals surface area contributed by atoms with Crippen LogP contribution in [0.1, 0.15) is 22.3 Å². The Bertz CT molecular complexity index is 600. The third-order valence-electron chi connectivity index (χ3n) is 3.16. The van der Waals surface area contributed by atoms with Crippen molar-refractivity contribution in [1.82, 2.24) is 0 Å². The normalized spacial score (nSPS) is 10.1. The topological polar surface area (TPSA) is 43.4 Å². The van der Waals surface area contributed by atoms with Gasteiger partial charge in [-0.25, -0.2) is 0 Å². The number of rotatable bonds is 5. The first kappa shape index (κ1) is 14.0. The Kier molecular flexibility index (Phi) is 4.66. The van der Waals surface area contributed by atoms with Crippen molar-refractivity contribution in [2.24, 2.45) is 0 Å². The van der Waals surface area contributed by atoms with Gasteiger partial charge in [0, 0.05) is 12.0 Å². The Hall–Kier alpha value is -2.42. The molecule has 2 aromatic carbocycles. The maximum atomic E-state index is 11.1. The molecule has 0 saturated heterocycles. The van der Waals surface area contributed by atoms with Gasteiger partial charge in [-0.3, -0.25) is 9.59 Å². The molecule has 0 aliphatic heterocycles. The largest absolute Gasteiger partial charge is 0.469 e. The summed E-state index contributed by atoms with van der Waals surface area (Å²) in [4.78, 5) is 21.9. The van der Waals surface area contributed by atoms with Gasteiger partial charge in [-0.1, -0.05) is 42.5 Å². The van der Waals surface area contributed by atoms with Crippen molar-refractivity contribution in [3.05, 3.63) is 59.7 Å². The van der Waals surface area contributed by atoms with E-state index in [4.69, 9.17) is 0 Å². The van der Waals surface area contributed by atoms with E-state index in [0.717, 1.165) is 23.0 Å². The molecular formula is C17H16O3. The smallest absolute Gasteiger partial charge is 0.305 e. The molecule has 0 saturated carbocycles. The lowest BCUT2D eigenvalue weighted by atomic mass is 10.0. The van der Waals surface area contributed by atoms with Crippen molar-refractivity contribution in [1.29, 1.82) is 0 Å². The van der Waals surface area contributed by atoms with Crippen LogP contribution in [0.3, 0.4) is 0 Å². The molecule has 2 rings (SSSR count). The molecule has 0 aliphatic rings. The van der Waals surface area contributed by atoms with E-state index in [1.54, 1.807) is 6.07 Å². The molecule has 2 aromatic rings. The van der Waals surface area contributed by atoms with Crippen LogP contribution in [0, 0.1) is 0 Å². The summed E-state index contributed by atoms with van der Waals surface area (Å²) in [7, 11) is 1.39. The Labute approximate surface area is 118 Å². The number of carbonyl (C=O) groups is 2. The molecule has 0 bridgehead atoms. The van der Waals surface area contributed by atoms with Crippen molar-refractivity contribution in [3.63, 3.8) is 0 Å². The van der Waals surface area contributed by atoms with Crippen LogP contribution in [-0.4, -0.2) is 19.4 Å². The molecule has 0 spiro atoms. The van der Waals surface area contributed by atoms with Gasteiger partial charge in [0.1, 0.15) is 6.29 Å². The predicted molar refractivity (Wildman–Crippen MR) is 77.6 cm³/mol. The van der Waals surface area contributed by atoms with Gasteiger partial charge in [0.2, 0.25) is 0 Å². The molecule has 3 heteroatoms. The summed E-state index contributed by atoms with van der Waals surface area (Å²) in [5.74, 6) is -0.201. The molecule has 3 nitrogen and oxygen atoms in total. The average Bonchev–Trinajstić information content (AvgIpc) is 2.53. The zero-order valence-electron chi connectivity index (χ0n) is 11.3. The van der Waals surface area contributed by atoms with Crippen LogP contribution in [0.5, 0.6) is 0 Å². The van der Waals surface area contributed by atoms with Crippen molar-refractivity contribution >= 4 is 12.3 Å². The number of methoxy groups -OCH3 is 1. The molecule has 0 aliphatic carbocycles. The number of hydrogen-bond acceptors (Lipinski definition) is 3. The van der Waals surface area contributed by atoms with Gasteiger partial charge in [-0.2, -0.15) is 0 Å². The van der Waals surface area contributed by atoms with E-state index in [-0.39, 0.29) is 5.97 Å². The average molecular weight is 268 g/mol. The van der Waals surface area contributed by atoms with Gasteiger partial charge >= 0.3 is 5.97 Å². The molecule has 0 heterocycles. The van der Waals surface area contributed by atoms with Crippen molar-refractivity contribution in [3.8, 4) is 11.1 Å². The Balaban J connectivity index is 2.11. The lowest BCUT2D eigenvalue weighted by molar-refractivity contribution is -0.140. The molecule has 20 heavy (non-hydrogen) atoms. The maximum Gasteiger partial charge on any atom is 0.305 e. The standard InChI is InChI=1S/C17H16O3/c1-20-17(19)10-7-13-5-8-15(9-6-13)16-4-2-3-14(11-16)12-18/h2-6,8-9,11-12H,7,10H2,1H3. The van der Waals surface area contributed by atoms with E-state index in [2.05, 4.69) is 4.74 Å². The summed E-state index contributed by atoms with van der Waals surface area (Å²) >= 11 is 0. The lowest BCUT2D eigenvalue weighted by Crippen LogP contribution is -2.01. The molecule has 0 amide bonds. The van der Waals surface area contributed by atoms with Crippen LogP contribution in [-0.2, 0) is 16.0 Å². The van der Waals surface area contributed by atoms with E-state index in [1.165, 1.54) is 7.11 Å². The monoisotopic (exact) mass is 268 g/mol. The first-order chi connectivity index (χ1) is 9.72. The minimum atomic E-state index is -0.201.